The molecule has 0 radical (unpaired) electrons. The highest BCUT2D eigenvalue weighted by atomic mass is 35.5. The maximum atomic E-state index is 12.8. The second-order valence-electron chi connectivity index (χ2n) is 5.94. The minimum Gasteiger partial charge on any atom is -0.497 e. The Morgan fingerprint density at radius 3 is 2.54 bits per heavy atom. The van der Waals surface area contributed by atoms with Crippen LogP contribution in [0.25, 0.3) is 10.9 Å². The summed E-state index contributed by atoms with van der Waals surface area (Å²) in [6.45, 7) is 3.27. The zero-order chi connectivity index (χ0) is 18.9. The van der Waals surface area contributed by atoms with Gasteiger partial charge < -0.3 is 10.1 Å². The van der Waals surface area contributed by atoms with Gasteiger partial charge in [-0.25, -0.2) is 13.4 Å². The summed E-state index contributed by atoms with van der Waals surface area (Å²) in [4.78, 5) is 8.55. The molecule has 0 amide bonds. The molecule has 2 aromatic carbocycles. The Morgan fingerprint density at radius 1 is 1.12 bits per heavy atom. The van der Waals surface area contributed by atoms with Gasteiger partial charge in [-0.15, -0.1) is 0 Å². The third-order valence-electron chi connectivity index (χ3n) is 3.94. The number of para-hydroxylation sites is 1. The van der Waals surface area contributed by atoms with E-state index in [0.29, 0.717) is 22.8 Å². The van der Waals surface area contributed by atoms with Gasteiger partial charge in [0.05, 0.1) is 28.5 Å². The van der Waals surface area contributed by atoms with Crippen molar-refractivity contribution in [2.45, 2.75) is 24.0 Å². The normalized spacial score (nSPS) is 11.7. The van der Waals surface area contributed by atoms with Crippen molar-refractivity contribution in [2.75, 3.05) is 12.4 Å². The fraction of sp³-hybridized carbons (Fsp3) is 0.222. The third-order valence-corrected chi connectivity index (χ3v) is 6.31. The predicted octanol–water partition coefficient (Wildman–Crippen LogP) is 4.22. The highest BCUT2D eigenvalue weighted by Gasteiger charge is 2.24. The minimum absolute atomic E-state index is 0.0768. The number of nitrogens with zero attached hydrogens (tertiary/aromatic N) is 2. The zero-order valence-electron chi connectivity index (χ0n) is 14.5. The number of benzene rings is 2. The van der Waals surface area contributed by atoms with Crippen LogP contribution in [0.3, 0.4) is 0 Å². The Labute approximate surface area is 157 Å². The molecule has 1 heterocycles. The number of anilines is 2. The lowest BCUT2D eigenvalue weighted by Gasteiger charge is -2.16. The molecule has 0 aliphatic carbocycles. The SMILES string of the molecule is COc1ccc(Nc2nc(Cl)nc3ccccc23)c(S(=O)(=O)C(C)C)c1. The van der Waals surface area contributed by atoms with Crippen molar-refractivity contribution in [3.05, 3.63) is 47.7 Å². The zero-order valence-corrected chi connectivity index (χ0v) is 16.1. The molecule has 0 aliphatic rings. The number of fused-ring (bicyclic) bond motifs is 1. The summed E-state index contributed by atoms with van der Waals surface area (Å²) in [5, 5.41) is 3.33. The van der Waals surface area contributed by atoms with Gasteiger partial charge in [0.15, 0.2) is 9.84 Å². The maximum absolute atomic E-state index is 12.8. The van der Waals surface area contributed by atoms with Crippen LogP contribution >= 0.6 is 11.6 Å². The summed E-state index contributed by atoms with van der Waals surface area (Å²) in [6, 6.07) is 12.2. The van der Waals surface area contributed by atoms with E-state index in [1.807, 2.05) is 24.3 Å². The average molecular weight is 392 g/mol. The van der Waals surface area contributed by atoms with Gasteiger partial charge in [0, 0.05) is 11.5 Å². The molecule has 0 unspecified atom stereocenters. The Hall–Kier alpha value is -2.38. The van der Waals surface area contributed by atoms with E-state index in [1.54, 1.807) is 26.0 Å². The summed E-state index contributed by atoms with van der Waals surface area (Å²) < 4.78 is 30.8. The summed E-state index contributed by atoms with van der Waals surface area (Å²) >= 11 is 6.02. The van der Waals surface area contributed by atoms with Gasteiger partial charge >= 0.3 is 0 Å². The van der Waals surface area contributed by atoms with E-state index in [2.05, 4.69) is 15.3 Å². The fourth-order valence-corrected chi connectivity index (χ4v) is 3.88. The van der Waals surface area contributed by atoms with Crippen molar-refractivity contribution in [1.82, 2.24) is 9.97 Å². The molecule has 1 aromatic heterocycles. The molecular formula is C18H18ClN3O3S. The van der Waals surface area contributed by atoms with Gasteiger partial charge in [-0.1, -0.05) is 12.1 Å². The van der Waals surface area contributed by atoms with Crippen molar-refractivity contribution < 1.29 is 13.2 Å². The topological polar surface area (TPSA) is 81.2 Å². The van der Waals surface area contributed by atoms with E-state index >= 15 is 0 Å². The third kappa shape index (κ3) is 3.45. The molecule has 26 heavy (non-hydrogen) atoms. The van der Waals surface area contributed by atoms with Crippen LogP contribution in [0.5, 0.6) is 5.75 Å². The van der Waals surface area contributed by atoms with Crippen LogP contribution in [0.4, 0.5) is 11.5 Å². The first-order valence-corrected chi connectivity index (χ1v) is 9.86. The molecule has 6 nitrogen and oxygen atoms in total. The van der Waals surface area contributed by atoms with Crippen molar-refractivity contribution in [1.29, 1.82) is 0 Å². The Bertz CT molecular complexity index is 1070. The van der Waals surface area contributed by atoms with Crippen molar-refractivity contribution in [3.63, 3.8) is 0 Å². The van der Waals surface area contributed by atoms with E-state index in [-0.39, 0.29) is 10.2 Å². The molecule has 0 bridgehead atoms. The number of aromatic nitrogens is 2. The highest BCUT2D eigenvalue weighted by molar-refractivity contribution is 7.92. The molecule has 0 saturated heterocycles. The number of hydrogen-bond acceptors (Lipinski definition) is 6. The molecular weight excluding hydrogens is 374 g/mol. The highest BCUT2D eigenvalue weighted by Crippen LogP contribution is 2.33. The van der Waals surface area contributed by atoms with E-state index < -0.39 is 15.1 Å². The van der Waals surface area contributed by atoms with Gasteiger partial charge in [0.2, 0.25) is 5.28 Å². The van der Waals surface area contributed by atoms with Gasteiger partial charge in [0.25, 0.3) is 0 Å². The van der Waals surface area contributed by atoms with Crippen LogP contribution in [0.15, 0.2) is 47.4 Å². The van der Waals surface area contributed by atoms with E-state index in [0.717, 1.165) is 5.39 Å². The van der Waals surface area contributed by atoms with E-state index in [9.17, 15) is 8.42 Å². The lowest BCUT2D eigenvalue weighted by molar-refractivity contribution is 0.413. The number of nitrogens with one attached hydrogen (secondary N) is 1. The first-order valence-electron chi connectivity index (χ1n) is 7.94. The molecule has 3 rings (SSSR count). The predicted molar refractivity (Wildman–Crippen MR) is 103 cm³/mol. The second-order valence-corrected chi connectivity index (χ2v) is 8.75. The molecule has 0 saturated carbocycles. The Kier molecular flexibility index (Phi) is 5.02. The van der Waals surface area contributed by atoms with Gasteiger partial charge in [-0.3, -0.25) is 0 Å². The van der Waals surface area contributed by atoms with Crippen LogP contribution < -0.4 is 10.1 Å². The van der Waals surface area contributed by atoms with Crippen molar-refractivity contribution in [2.24, 2.45) is 0 Å². The monoisotopic (exact) mass is 391 g/mol. The molecule has 0 spiro atoms. The number of ether oxygens (including phenoxy) is 1. The number of rotatable bonds is 5. The number of halogens is 1. The molecule has 0 fully saturated rings. The van der Waals surface area contributed by atoms with Crippen molar-refractivity contribution in [3.8, 4) is 5.75 Å². The second kappa shape index (κ2) is 7.09. The summed E-state index contributed by atoms with van der Waals surface area (Å²) in [6.07, 6.45) is 0. The summed E-state index contributed by atoms with van der Waals surface area (Å²) in [7, 11) is -2.05. The Balaban J connectivity index is 2.17. The molecule has 136 valence electrons. The molecule has 8 heteroatoms. The largest absolute Gasteiger partial charge is 0.497 e. The van der Waals surface area contributed by atoms with Crippen molar-refractivity contribution >= 4 is 43.8 Å². The molecule has 3 aromatic rings. The van der Waals surface area contributed by atoms with Gasteiger partial charge in [0.1, 0.15) is 11.6 Å². The number of methoxy groups -OCH3 is 1. The standard InChI is InChI=1S/C18H18ClN3O3S/c1-11(2)26(23,24)16-10-12(25-3)8-9-15(16)20-17-13-6-4-5-7-14(13)21-18(19)22-17/h4-11H,1-3H3,(H,20,21,22). The quantitative estimate of drug-likeness (QED) is 0.656. The maximum Gasteiger partial charge on any atom is 0.224 e. The van der Waals surface area contributed by atoms with Crippen LogP contribution in [0.2, 0.25) is 5.28 Å². The first-order chi connectivity index (χ1) is 12.3. The Morgan fingerprint density at radius 2 is 1.85 bits per heavy atom. The smallest absolute Gasteiger partial charge is 0.224 e. The summed E-state index contributed by atoms with van der Waals surface area (Å²) in [5.74, 6) is 0.895. The van der Waals surface area contributed by atoms with Crippen LogP contribution in [-0.4, -0.2) is 30.7 Å². The number of hydrogen-bond donors (Lipinski definition) is 1. The first kappa shape index (κ1) is 18.4. The molecule has 0 atom stereocenters. The fourth-order valence-electron chi connectivity index (χ4n) is 2.49. The van der Waals surface area contributed by atoms with Crippen LogP contribution in [0, 0.1) is 0 Å². The number of sulfone groups is 1. The van der Waals surface area contributed by atoms with Gasteiger partial charge in [-0.05, 0) is 49.7 Å². The average Bonchev–Trinajstić information content (AvgIpc) is 2.61. The summed E-state index contributed by atoms with van der Waals surface area (Å²) in [5.41, 5.74) is 1.07. The van der Waals surface area contributed by atoms with E-state index in [1.165, 1.54) is 13.2 Å². The molecule has 0 aliphatic heterocycles. The lowest BCUT2D eigenvalue weighted by atomic mass is 10.2. The van der Waals surface area contributed by atoms with E-state index in [4.69, 9.17) is 16.3 Å². The lowest BCUT2D eigenvalue weighted by Crippen LogP contribution is -2.16. The van der Waals surface area contributed by atoms with Gasteiger partial charge in [-0.2, -0.15) is 4.98 Å². The molecule has 1 N–H and O–H groups in total. The van der Waals surface area contributed by atoms with Crippen LogP contribution in [0.1, 0.15) is 13.8 Å². The minimum atomic E-state index is -3.54. The van der Waals surface area contributed by atoms with Crippen LogP contribution in [-0.2, 0) is 9.84 Å².